The van der Waals surface area contributed by atoms with Crippen LogP contribution in [0, 0.1) is 13.8 Å². The first-order chi connectivity index (χ1) is 16.3. The lowest BCUT2D eigenvalue weighted by molar-refractivity contribution is -0.143. The van der Waals surface area contributed by atoms with Crippen LogP contribution in [0.15, 0.2) is 64.5 Å². The van der Waals surface area contributed by atoms with Crippen molar-refractivity contribution < 1.29 is 31.1 Å². The van der Waals surface area contributed by atoms with Crippen molar-refractivity contribution >= 4 is 34.6 Å². The number of amidine groups is 1. The summed E-state index contributed by atoms with van der Waals surface area (Å²) >= 11 is 1.08. The Morgan fingerprint density at radius 3 is 2.09 bits per heavy atom. The van der Waals surface area contributed by atoms with Crippen LogP contribution in [0.1, 0.15) is 28.1 Å². The number of aromatic nitrogens is 1. The second kappa shape index (κ2) is 8.95. The average molecular weight is 509 g/mol. The van der Waals surface area contributed by atoms with E-state index in [9.17, 15) is 31.1 Å². The predicted molar refractivity (Wildman–Crippen MR) is 122 cm³/mol. The molecule has 3 aromatic rings. The van der Waals surface area contributed by atoms with E-state index in [0.29, 0.717) is 44.8 Å². The predicted octanol–water partition coefficient (Wildman–Crippen LogP) is 7.02. The Hall–Kier alpha value is -3.47. The molecular formula is C24H17F6N3OS. The van der Waals surface area contributed by atoms with Crippen LogP contribution >= 0.6 is 11.8 Å². The first-order valence-electron chi connectivity index (χ1n) is 10.2. The van der Waals surface area contributed by atoms with E-state index in [1.54, 1.807) is 44.2 Å². The Balaban J connectivity index is 1.74. The van der Waals surface area contributed by atoms with Crippen LogP contribution in [0.2, 0.25) is 0 Å². The number of aryl methyl sites for hydroxylation is 1. The van der Waals surface area contributed by atoms with Gasteiger partial charge in [0.15, 0.2) is 5.17 Å². The van der Waals surface area contributed by atoms with E-state index in [-0.39, 0.29) is 11.8 Å². The molecule has 1 fully saturated rings. The highest BCUT2D eigenvalue weighted by Crippen LogP contribution is 2.38. The number of para-hydroxylation sites is 1. The van der Waals surface area contributed by atoms with Gasteiger partial charge in [0.25, 0.3) is 5.91 Å². The van der Waals surface area contributed by atoms with Crippen molar-refractivity contribution in [3.05, 3.63) is 87.6 Å². The van der Waals surface area contributed by atoms with Crippen LogP contribution in [0.5, 0.6) is 0 Å². The van der Waals surface area contributed by atoms with E-state index >= 15 is 0 Å². The molecule has 11 heteroatoms. The standard InChI is InChI=1S/C24H17F6N3OS/c1-13-8-15(9-20-21(34)32-22(35-20)31-18-6-4-3-5-7-18)14(2)33(13)19-11-16(23(25,26)27)10-17(12-19)24(28,29)30/h3-12H,1-2H3,(H,31,32,34)/b20-9-. The number of nitrogens with one attached hydrogen (secondary N) is 1. The SMILES string of the molecule is Cc1cc(/C=C2\SC(=Nc3ccccc3)NC2=O)c(C)n1-c1cc(C(F)(F)F)cc(C(F)(F)F)c1. The second-order valence-corrected chi connectivity index (χ2v) is 8.77. The van der Waals surface area contributed by atoms with Gasteiger partial charge in [-0.3, -0.25) is 4.79 Å². The number of alkyl halides is 6. The van der Waals surface area contributed by atoms with E-state index in [2.05, 4.69) is 10.3 Å². The van der Waals surface area contributed by atoms with E-state index in [1.165, 1.54) is 10.6 Å². The summed E-state index contributed by atoms with van der Waals surface area (Å²) in [6.45, 7) is 3.12. The molecule has 4 nitrogen and oxygen atoms in total. The summed E-state index contributed by atoms with van der Waals surface area (Å²) in [5, 5.41) is 3.00. The highest BCUT2D eigenvalue weighted by atomic mass is 32.2. The lowest BCUT2D eigenvalue weighted by Gasteiger charge is -2.17. The van der Waals surface area contributed by atoms with Gasteiger partial charge in [0.2, 0.25) is 0 Å². The number of carbonyl (C=O) groups excluding carboxylic acids is 1. The normalized spacial score (nSPS) is 16.9. The third-order valence-corrected chi connectivity index (χ3v) is 6.14. The zero-order chi connectivity index (χ0) is 25.5. The fourth-order valence-corrected chi connectivity index (χ4v) is 4.47. The molecule has 182 valence electrons. The van der Waals surface area contributed by atoms with Gasteiger partial charge in [0.1, 0.15) is 0 Å². The van der Waals surface area contributed by atoms with Gasteiger partial charge in [-0.15, -0.1) is 0 Å². The van der Waals surface area contributed by atoms with E-state index < -0.39 is 29.4 Å². The number of rotatable bonds is 3. The molecule has 2 heterocycles. The van der Waals surface area contributed by atoms with Gasteiger partial charge >= 0.3 is 12.4 Å². The molecule has 0 bridgehead atoms. The Kier molecular flexibility index (Phi) is 6.31. The molecule has 1 N–H and O–H groups in total. The molecule has 0 saturated carbocycles. The maximum atomic E-state index is 13.3. The minimum Gasteiger partial charge on any atom is -0.318 e. The van der Waals surface area contributed by atoms with Crippen molar-refractivity contribution in [3.8, 4) is 5.69 Å². The first-order valence-corrected chi connectivity index (χ1v) is 11.0. The van der Waals surface area contributed by atoms with Crippen molar-refractivity contribution in [2.75, 3.05) is 0 Å². The molecule has 0 radical (unpaired) electrons. The van der Waals surface area contributed by atoms with Crippen molar-refractivity contribution in [1.29, 1.82) is 0 Å². The first kappa shape index (κ1) is 24.6. The average Bonchev–Trinajstić information content (AvgIpc) is 3.25. The van der Waals surface area contributed by atoms with E-state index in [0.717, 1.165) is 11.8 Å². The smallest absolute Gasteiger partial charge is 0.318 e. The Bertz CT molecular complexity index is 1320. The highest BCUT2D eigenvalue weighted by molar-refractivity contribution is 8.18. The molecule has 35 heavy (non-hydrogen) atoms. The Morgan fingerprint density at radius 2 is 1.51 bits per heavy atom. The summed E-state index contributed by atoms with van der Waals surface area (Å²) < 4.78 is 81.2. The number of amides is 1. The molecule has 0 unspecified atom stereocenters. The van der Waals surface area contributed by atoms with Crippen LogP contribution in [-0.2, 0) is 17.1 Å². The van der Waals surface area contributed by atoms with Crippen LogP contribution in [0.4, 0.5) is 32.0 Å². The molecule has 1 saturated heterocycles. The fourth-order valence-electron chi connectivity index (χ4n) is 3.64. The zero-order valence-electron chi connectivity index (χ0n) is 18.3. The molecule has 1 aromatic heterocycles. The third kappa shape index (κ3) is 5.29. The summed E-state index contributed by atoms with van der Waals surface area (Å²) in [4.78, 5) is 17.1. The number of carbonyl (C=O) groups is 1. The number of halogens is 6. The maximum absolute atomic E-state index is 13.3. The summed E-state index contributed by atoms with van der Waals surface area (Å²) in [6.07, 6.45) is -8.38. The lowest BCUT2D eigenvalue weighted by Crippen LogP contribution is -2.19. The molecule has 4 rings (SSSR count). The van der Waals surface area contributed by atoms with Gasteiger partial charge in [0, 0.05) is 17.1 Å². The Labute approximate surface area is 200 Å². The number of benzene rings is 2. The molecule has 0 aliphatic carbocycles. The fraction of sp³-hybridized carbons (Fsp3) is 0.167. The van der Waals surface area contributed by atoms with Gasteiger partial charge in [-0.1, -0.05) is 18.2 Å². The van der Waals surface area contributed by atoms with Crippen molar-refractivity contribution in [3.63, 3.8) is 0 Å². The van der Waals surface area contributed by atoms with Gasteiger partial charge < -0.3 is 9.88 Å². The van der Waals surface area contributed by atoms with Crippen molar-refractivity contribution in [1.82, 2.24) is 9.88 Å². The number of thioether (sulfide) groups is 1. The summed E-state index contributed by atoms with van der Waals surface area (Å²) in [6, 6.07) is 12.0. The molecular weight excluding hydrogens is 492 g/mol. The summed E-state index contributed by atoms with van der Waals surface area (Å²) in [5.41, 5.74) is -1.18. The maximum Gasteiger partial charge on any atom is 0.416 e. The number of aliphatic imine (C=N–C) groups is 1. The van der Waals surface area contributed by atoms with Crippen LogP contribution in [-0.4, -0.2) is 15.6 Å². The van der Waals surface area contributed by atoms with Gasteiger partial charge in [-0.2, -0.15) is 26.3 Å². The lowest BCUT2D eigenvalue weighted by atomic mass is 10.1. The largest absolute Gasteiger partial charge is 0.416 e. The van der Waals surface area contributed by atoms with E-state index in [4.69, 9.17) is 0 Å². The van der Waals surface area contributed by atoms with Crippen LogP contribution in [0.25, 0.3) is 11.8 Å². The van der Waals surface area contributed by atoms with Gasteiger partial charge in [-0.25, -0.2) is 4.99 Å². The van der Waals surface area contributed by atoms with Gasteiger partial charge in [0.05, 0.1) is 21.7 Å². The molecule has 0 spiro atoms. The molecule has 1 aliphatic rings. The minimum absolute atomic E-state index is 0.0909. The van der Waals surface area contributed by atoms with Crippen LogP contribution in [0.3, 0.4) is 0 Å². The van der Waals surface area contributed by atoms with E-state index in [1.807, 2.05) is 6.07 Å². The number of hydrogen-bond acceptors (Lipinski definition) is 3. The number of nitrogens with zero attached hydrogens (tertiary/aromatic N) is 2. The van der Waals surface area contributed by atoms with Crippen molar-refractivity contribution in [2.24, 2.45) is 4.99 Å². The van der Waals surface area contributed by atoms with Crippen molar-refractivity contribution in [2.45, 2.75) is 26.2 Å². The van der Waals surface area contributed by atoms with Gasteiger partial charge in [-0.05, 0) is 73.6 Å². The minimum atomic E-state index is -4.96. The molecule has 0 atom stereocenters. The zero-order valence-corrected chi connectivity index (χ0v) is 19.1. The quantitative estimate of drug-likeness (QED) is 0.305. The van der Waals surface area contributed by atoms with Crippen LogP contribution < -0.4 is 5.32 Å². The highest BCUT2D eigenvalue weighted by Gasteiger charge is 2.37. The Morgan fingerprint density at radius 1 is 0.914 bits per heavy atom. The monoisotopic (exact) mass is 509 g/mol. The third-order valence-electron chi connectivity index (χ3n) is 5.23. The second-order valence-electron chi connectivity index (χ2n) is 7.74. The molecule has 1 amide bonds. The summed E-state index contributed by atoms with van der Waals surface area (Å²) in [5.74, 6) is -0.409. The molecule has 1 aliphatic heterocycles. The molecule has 2 aromatic carbocycles. The summed E-state index contributed by atoms with van der Waals surface area (Å²) in [7, 11) is 0. The number of hydrogen-bond donors (Lipinski definition) is 1. The topological polar surface area (TPSA) is 46.4 Å².